The number of esters is 1. The van der Waals surface area contributed by atoms with Crippen LogP contribution in [0.15, 0.2) is 36.4 Å². The Kier molecular flexibility index (Phi) is 9.46. The molecule has 24 heavy (non-hydrogen) atoms. The van der Waals surface area contributed by atoms with E-state index in [1.54, 1.807) is 17.1 Å². The largest absolute Gasteiger partial charge is 0.469 e. The molecule has 1 aromatic rings. The molecule has 0 aromatic heterocycles. The van der Waals surface area contributed by atoms with Gasteiger partial charge in [-0.15, -0.1) is 0 Å². The predicted octanol–water partition coefficient (Wildman–Crippen LogP) is 2.43. The highest BCUT2D eigenvalue weighted by Gasteiger charge is 2.14. The number of nitrogens with zero attached hydrogens (tertiary/aromatic N) is 2. The van der Waals surface area contributed by atoms with E-state index in [0.717, 1.165) is 25.2 Å². The fourth-order valence-electron chi connectivity index (χ4n) is 2.30. The Balaban J connectivity index is 2.68. The summed E-state index contributed by atoms with van der Waals surface area (Å²) in [6, 6.07) is 9.68. The van der Waals surface area contributed by atoms with E-state index in [0.29, 0.717) is 13.1 Å². The van der Waals surface area contributed by atoms with Crippen molar-refractivity contribution >= 4 is 18.0 Å². The highest BCUT2D eigenvalue weighted by Crippen LogP contribution is 2.04. The summed E-state index contributed by atoms with van der Waals surface area (Å²) < 4.78 is 4.67. The van der Waals surface area contributed by atoms with Crippen molar-refractivity contribution in [3.05, 3.63) is 42.0 Å². The number of carbonyl (C=O) groups excluding carboxylic acids is 2. The highest BCUT2D eigenvalue weighted by atomic mass is 16.5. The zero-order chi connectivity index (χ0) is 17.8. The van der Waals surface area contributed by atoms with Crippen molar-refractivity contribution in [2.45, 2.75) is 20.3 Å². The van der Waals surface area contributed by atoms with Crippen LogP contribution in [-0.4, -0.2) is 61.5 Å². The molecule has 0 aliphatic carbocycles. The van der Waals surface area contributed by atoms with Crippen molar-refractivity contribution in [1.29, 1.82) is 0 Å². The normalized spacial score (nSPS) is 11.0. The molecule has 0 fully saturated rings. The lowest BCUT2D eigenvalue weighted by molar-refractivity contribution is -0.141. The molecule has 5 nitrogen and oxygen atoms in total. The number of carbonyl (C=O) groups is 2. The van der Waals surface area contributed by atoms with Gasteiger partial charge in [-0.25, -0.2) is 0 Å². The fourth-order valence-corrected chi connectivity index (χ4v) is 2.30. The maximum Gasteiger partial charge on any atom is 0.307 e. The number of rotatable bonds is 10. The van der Waals surface area contributed by atoms with Crippen LogP contribution in [0.5, 0.6) is 0 Å². The van der Waals surface area contributed by atoms with E-state index < -0.39 is 0 Å². The van der Waals surface area contributed by atoms with Crippen molar-refractivity contribution in [3.63, 3.8) is 0 Å². The van der Waals surface area contributed by atoms with Crippen molar-refractivity contribution in [2.24, 2.45) is 0 Å². The monoisotopic (exact) mass is 332 g/mol. The van der Waals surface area contributed by atoms with Crippen LogP contribution in [0.1, 0.15) is 25.8 Å². The van der Waals surface area contributed by atoms with Gasteiger partial charge in [-0.1, -0.05) is 44.2 Å². The molecule has 0 saturated carbocycles. The number of methoxy groups -OCH3 is 1. The summed E-state index contributed by atoms with van der Waals surface area (Å²) in [5, 5.41) is 0. The molecule has 0 radical (unpaired) electrons. The number of benzene rings is 1. The summed E-state index contributed by atoms with van der Waals surface area (Å²) in [5.41, 5.74) is 0.975. The Morgan fingerprint density at radius 1 is 1.04 bits per heavy atom. The number of likely N-dealkylation sites (N-methyl/N-ethyl adjacent to an activating group) is 1. The lowest BCUT2D eigenvalue weighted by Gasteiger charge is -2.25. The zero-order valence-corrected chi connectivity index (χ0v) is 14.9. The number of hydrogen-bond donors (Lipinski definition) is 0. The molecular weight excluding hydrogens is 304 g/mol. The van der Waals surface area contributed by atoms with Crippen molar-refractivity contribution in [3.8, 4) is 0 Å². The molecule has 132 valence electrons. The SMILES string of the molecule is CCN(CC)CCN(CCC(=O)OC)C(=O)/C=C/c1ccccc1. The van der Waals surface area contributed by atoms with Gasteiger partial charge in [0, 0.05) is 25.7 Å². The maximum absolute atomic E-state index is 12.5. The molecule has 0 unspecified atom stereocenters. The highest BCUT2D eigenvalue weighted by molar-refractivity contribution is 5.92. The van der Waals surface area contributed by atoms with Gasteiger partial charge in [0.1, 0.15) is 0 Å². The molecule has 0 aliphatic rings. The predicted molar refractivity (Wildman–Crippen MR) is 96.5 cm³/mol. The summed E-state index contributed by atoms with van der Waals surface area (Å²) in [7, 11) is 1.36. The number of ether oxygens (including phenoxy) is 1. The minimum absolute atomic E-state index is 0.0880. The molecule has 0 heterocycles. The summed E-state index contributed by atoms with van der Waals surface area (Å²) in [4.78, 5) is 27.8. The topological polar surface area (TPSA) is 49.9 Å². The Bertz CT molecular complexity index is 525. The Morgan fingerprint density at radius 3 is 2.29 bits per heavy atom. The lowest BCUT2D eigenvalue weighted by atomic mass is 10.2. The molecule has 0 spiro atoms. The molecule has 0 atom stereocenters. The van der Waals surface area contributed by atoms with E-state index in [9.17, 15) is 9.59 Å². The summed E-state index contributed by atoms with van der Waals surface area (Å²) in [6.45, 7) is 7.82. The van der Waals surface area contributed by atoms with Gasteiger partial charge in [0.25, 0.3) is 0 Å². The second-order valence-corrected chi connectivity index (χ2v) is 5.42. The first-order valence-corrected chi connectivity index (χ1v) is 8.41. The fraction of sp³-hybridized carbons (Fsp3) is 0.474. The summed E-state index contributed by atoms with van der Waals surface area (Å²) in [5.74, 6) is -0.391. The van der Waals surface area contributed by atoms with Crippen LogP contribution in [0, 0.1) is 0 Å². The molecular formula is C19H28N2O3. The Hall–Kier alpha value is -2.14. The second-order valence-electron chi connectivity index (χ2n) is 5.42. The first-order valence-electron chi connectivity index (χ1n) is 8.41. The first kappa shape index (κ1) is 19.9. The first-order chi connectivity index (χ1) is 11.6. The minimum atomic E-state index is -0.303. The quantitative estimate of drug-likeness (QED) is 0.488. The van der Waals surface area contributed by atoms with Crippen LogP contribution in [-0.2, 0) is 14.3 Å². The van der Waals surface area contributed by atoms with Gasteiger partial charge in [0.2, 0.25) is 5.91 Å². The van der Waals surface area contributed by atoms with Gasteiger partial charge in [-0.2, -0.15) is 0 Å². The summed E-state index contributed by atoms with van der Waals surface area (Å²) in [6.07, 6.45) is 3.57. The number of amides is 1. The third-order valence-electron chi connectivity index (χ3n) is 3.92. The molecule has 1 aromatic carbocycles. The van der Waals surface area contributed by atoms with Crippen molar-refractivity contribution in [2.75, 3.05) is 39.8 Å². The van der Waals surface area contributed by atoms with E-state index >= 15 is 0 Å². The molecule has 1 amide bonds. The molecule has 5 heteroatoms. The second kappa shape index (κ2) is 11.4. The van der Waals surface area contributed by atoms with Gasteiger partial charge in [-0.05, 0) is 24.7 Å². The van der Waals surface area contributed by atoms with E-state index in [1.807, 2.05) is 30.3 Å². The van der Waals surface area contributed by atoms with Crippen LogP contribution in [0.3, 0.4) is 0 Å². The standard InChI is InChI=1S/C19H28N2O3/c1-4-20(5-2)15-16-21(14-13-19(23)24-3)18(22)12-11-17-9-7-6-8-10-17/h6-12H,4-5,13-16H2,1-3H3/b12-11+. The zero-order valence-electron chi connectivity index (χ0n) is 14.9. The molecule has 0 N–H and O–H groups in total. The van der Waals surface area contributed by atoms with Gasteiger partial charge < -0.3 is 14.5 Å². The van der Waals surface area contributed by atoms with Crippen LogP contribution in [0.2, 0.25) is 0 Å². The van der Waals surface area contributed by atoms with Crippen LogP contribution >= 0.6 is 0 Å². The molecule has 0 bridgehead atoms. The molecule has 1 rings (SSSR count). The lowest BCUT2D eigenvalue weighted by Crippen LogP contribution is -2.39. The van der Waals surface area contributed by atoms with Gasteiger partial charge in [0.15, 0.2) is 0 Å². The van der Waals surface area contributed by atoms with Gasteiger partial charge in [0.05, 0.1) is 13.5 Å². The van der Waals surface area contributed by atoms with Crippen molar-refractivity contribution < 1.29 is 14.3 Å². The van der Waals surface area contributed by atoms with Crippen molar-refractivity contribution in [1.82, 2.24) is 9.80 Å². The van der Waals surface area contributed by atoms with Crippen LogP contribution < -0.4 is 0 Å². The Morgan fingerprint density at radius 2 is 1.71 bits per heavy atom. The van der Waals surface area contributed by atoms with Gasteiger partial charge in [-0.3, -0.25) is 9.59 Å². The van der Waals surface area contributed by atoms with Gasteiger partial charge >= 0.3 is 5.97 Å². The minimum Gasteiger partial charge on any atom is -0.469 e. The molecule has 0 aliphatic heterocycles. The van der Waals surface area contributed by atoms with E-state index in [-0.39, 0.29) is 18.3 Å². The average molecular weight is 332 g/mol. The Labute approximate surface area is 144 Å². The number of hydrogen-bond acceptors (Lipinski definition) is 4. The van der Waals surface area contributed by atoms with E-state index in [1.165, 1.54) is 7.11 Å². The van der Waals surface area contributed by atoms with Crippen LogP contribution in [0.25, 0.3) is 6.08 Å². The van der Waals surface area contributed by atoms with Crippen LogP contribution in [0.4, 0.5) is 0 Å². The average Bonchev–Trinajstić information content (AvgIpc) is 2.63. The summed E-state index contributed by atoms with van der Waals surface area (Å²) >= 11 is 0. The molecule has 0 saturated heterocycles. The van der Waals surface area contributed by atoms with E-state index in [4.69, 9.17) is 0 Å². The maximum atomic E-state index is 12.5. The third kappa shape index (κ3) is 7.42. The smallest absolute Gasteiger partial charge is 0.307 e. The van der Waals surface area contributed by atoms with E-state index in [2.05, 4.69) is 23.5 Å². The third-order valence-corrected chi connectivity index (χ3v) is 3.92.